The molecule has 4 aromatic rings. The summed E-state index contributed by atoms with van der Waals surface area (Å²) in [6, 6.07) is 32.8. The first kappa shape index (κ1) is 25.7. The maximum atomic E-state index is 13.7. The van der Waals surface area contributed by atoms with Crippen LogP contribution in [0.1, 0.15) is 34.2 Å². The van der Waals surface area contributed by atoms with Gasteiger partial charge in [0, 0.05) is 12.5 Å². The van der Waals surface area contributed by atoms with Gasteiger partial charge in [-0.15, -0.1) is 0 Å². The number of alkyl carbamates (subject to hydrolysis) is 1. The van der Waals surface area contributed by atoms with E-state index in [1.807, 2.05) is 66.7 Å². The lowest BCUT2D eigenvalue weighted by Crippen LogP contribution is -2.44. The van der Waals surface area contributed by atoms with Crippen LogP contribution < -0.4 is 5.32 Å². The largest absolute Gasteiger partial charge is 0.480 e. The lowest BCUT2D eigenvalue weighted by molar-refractivity contribution is -0.145. The van der Waals surface area contributed by atoms with Gasteiger partial charge >= 0.3 is 12.1 Å². The van der Waals surface area contributed by atoms with Crippen LogP contribution in [0.3, 0.4) is 0 Å². The third kappa shape index (κ3) is 5.83. The van der Waals surface area contributed by atoms with Crippen LogP contribution in [-0.4, -0.2) is 41.1 Å². The highest BCUT2D eigenvalue weighted by molar-refractivity contribution is 5.89. The summed E-state index contributed by atoms with van der Waals surface area (Å²) >= 11 is 0. The van der Waals surface area contributed by atoms with Gasteiger partial charge in [-0.25, -0.2) is 4.79 Å². The van der Waals surface area contributed by atoms with Crippen molar-refractivity contribution in [3.63, 3.8) is 0 Å². The second-order valence-electron chi connectivity index (χ2n) is 9.39. The van der Waals surface area contributed by atoms with E-state index in [-0.39, 0.29) is 19.1 Å². The first-order chi connectivity index (χ1) is 19.0. The standard InChI is InChI=1S/C32H28N2O5/c35-29(36)20-34(19-22-11-3-1-4-12-22)31(37)30(23-13-5-2-6-14-23)33-32(38)39-21-28-26-17-9-7-15-24(26)25-16-8-10-18-27(25)28/h1-18,28,30H,19-21H2,(H,33,38)(H,35,36)/t30-/m0/s1. The summed E-state index contributed by atoms with van der Waals surface area (Å²) in [6.07, 6.45) is -0.756. The van der Waals surface area contributed by atoms with Gasteiger partial charge in [0.25, 0.3) is 5.91 Å². The molecule has 39 heavy (non-hydrogen) atoms. The Hall–Kier alpha value is -4.91. The molecule has 1 atom stereocenters. The molecule has 0 spiro atoms. The first-order valence-electron chi connectivity index (χ1n) is 12.7. The Morgan fingerprint density at radius 2 is 1.31 bits per heavy atom. The summed E-state index contributed by atoms with van der Waals surface area (Å²) in [6.45, 7) is -0.330. The quantitative estimate of drug-likeness (QED) is 0.309. The first-order valence-corrected chi connectivity index (χ1v) is 12.7. The summed E-state index contributed by atoms with van der Waals surface area (Å²) in [5.41, 5.74) is 5.70. The molecule has 2 amide bonds. The SMILES string of the molecule is O=C(O)CN(Cc1ccccc1)C(=O)[C@@H](NC(=O)OCC1c2ccccc2-c2ccccc21)c1ccccc1. The van der Waals surface area contributed by atoms with Gasteiger partial charge in [0.2, 0.25) is 0 Å². The Labute approximate surface area is 226 Å². The summed E-state index contributed by atoms with van der Waals surface area (Å²) in [4.78, 5) is 39.6. The lowest BCUT2D eigenvalue weighted by Gasteiger charge is -2.27. The second-order valence-corrected chi connectivity index (χ2v) is 9.39. The highest BCUT2D eigenvalue weighted by Crippen LogP contribution is 2.44. The molecule has 1 aliphatic carbocycles. The van der Waals surface area contributed by atoms with Crippen molar-refractivity contribution in [3.05, 3.63) is 131 Å². The average Bonchev–Trinajstić information content (AvgIpc) is 3.28. The predicted molar refractivity (Wildman–Crippen MR) is 147 cm³/mol. The van der Waals surface area contributed by atoms with Crippen LogP contribution in [0.5, 0.6) is 0 Å². The van der Waals surface area contributed by atoms with Gasteiger partial charge in [-0.3, -0.25) is 9.59 Å². The molecular weight excluding hydrogens is 492 g/mol. The number of benzene rings is 4. The molecule has 0 unspecified atom stereocenters. The minimum absolute atomic E-state index is 0.0850. The van der Waals surface area contributed by atoms with E-state index in [0.717, 1.165) is 27.8 Å². The van der Waals surface area contributed by atoms with Gasteiger partial charge in [-0.1, -0.05) is 109 Å². The lowest BCUT2D eigenvalue weighted by atomic mass is 9.98. The van der Waals surface area contributed by atoms with Crippen molar-refractivity contribution >= 4 is 18.0 Å². The van der Waals surface area contributed by atoms with Crippen LogP contribution in [0.25, 0.3) is 11.1 Å². The van der Waals surface area contributed by atoms with Gasteiger partial charge < -0.3 is 20.1 Å². The van der Waals surface area contributed by atoms with E-state index >= 15 is 0 Å². The molecule has 0 heterocycles. The number of amides is 2. The topological polar surface area (TPSA) is 95.9 Å². The number of aliphatic carboxylic acids is 1. The van der Waals surface area contributed by atoms with Gasteiger partial charge in [0.15, 0.2) is 0 Å². The number of carbonyl (C=O) groups is 3. The molecule has 0 radical (unpaired) electrons. The Bertz CT molecular complexity index is 1430. The number of fused-ring (bicyclic) bond motifs is 3. The average molecular weight is 521 g/mol. The number of hydrogen-bond donors (Lipinski definition) is 2. The van der Waals surface area contributed by atoms with Crippen LogP contribution in [0.2, 0.25) is 0 Å². The van der Waals surface area contributed by atoms with Crippen LogP contribution in [0, 0.1) is 0 Å². The van der Waals surface area contributed by atoms with Crippen LogP contribution in [0.15, 0.2) is 109 Å². The molecule has 4 aromatic carbocycles. The Kier molecular flexibility index (Phi) is 7.68. The third-order valence-electron chi connectivity index (χ3n) is 6.84. The minimum Gasteiger partial charge on any atom is -0.480 e. The molecule has 0 aromatic heterocycles. The maximum absolute atomic E-state index is 13.7. The zero-order chi connectivity index (χ0) is 27.2. The Morgan fingerprint density at radius 1 is 0.769 bits per heavy atom. The molecule has 0 bridgehead atoms. The number of nitrogens with one attached hydrogen (secondary N) is 1. The van der Waals surface area contributed by atoms with Crippen molar-refractivity contribution in [2.75, 3.05) is 13.2 Å². The summed E-state index contributed by atoms with van der Waals surface area (Å²) in [5.74, 6) is -1.82. The molecule has 7 heteroatoms. The smallest absolute Gasteiger partial charge is 0.408 e. The van der Waals surface area contributed by atoms with E-state index < -0.39 is 30.6 Å². The number of carboxylic acid groups (broad SMARTS) is 1. The molecular formula is C32H28N2O5. The molecule has 2 N–H and O–H groups in total. The summed E-state index contributed by atoms with van der Waals surface area (Å²) in [5, 5.41) is 12.2. The van der Waals surface area contributed by atoms with Crippen molar-refractivity contribution in [1.82, 2.24) is 10.2 Å². The maximum Gasteiger partial charge on any atom is 0.408 e. The Morgan fingerprint density at radius 3 is 1.90 bits per heavy atom. The number of hydrogen-bond acceptors (Lipinski definition) is 4. The number of carboxylic acids is 1. The van der Waals surface area contributed by atoms with E-state index in [2.05, 4.69) is 17.4 Å². The van der Waals surface area contributed by atoms with Crippen LogP contribution in [0.4, 0.5) is 4.79 Å². The molecule has 5 rings (SSSR count). The molecule has 196 valence electrons. The number of ether oxygens (including phenoxy) is 1. The second kappa shape index (κ2) is 11.6. The molecule has 7 nitrogen and oxygen atoms in total. The van der Waals surface area contributed by atoms with Gasteiger partial charge in [-0.05, 0) is 33.4 Å². The third-order valence-corrected chi connectivity index (χ3v) is 6.84. The predicted octanol–water partition coefficient (Wildman–Crippen LogP) is 5.38. The molecule has 0 fully saturated rings. The van der Waals surface area contributed by atoms with Crippen molar-refractivity contribution in [1.29, 1.82) is 0 Å². The molecule has 1 aliphatic rings. The van der Waals surface area contributed by atoms with Gasteiger partial charge in [0.1, 0.15) is 19.2 Å². The summed E-state index contributed by atoms with van der Waals surface area (Å²) in [7, 11) is 0. The fourth-order valence-electron chi connectivity index (χ4n) is 5.05. The van der Waals surface area contributed by atoms with E-state index in [1.54, 1.807) is 30.3 Å². The summed E-state index contributed by atoms with van der Waals surface area (Å²) < 4.78 is 5.68. The van der Waals surface area contributed by atoms with E-state index in [1.165, 1.54) is 4.90 Å². The normalized spacial score (nSPS) is 12.6. The Balaban J connectivity index is 1.35. The highest BCUT2D eigenvalue weighted by Gasteiger charge is 2.32. The van der Waals surface area contributed by atoms with Gasteiger partial charge in [0.05, 0.1) is 0 Å². The number of carbonyl (C=O) groups excluding carboxylic acids is 2. The van der Waals surface area contributed by atoms with Crippen LogP contribution >= 0.6 is 0 Å². The number of nitrogens with zero attached hydrogens (tertiary/aromatic N) is 1. The highest BCUT2D eigenvalue weighted by atomic mass is 16.5. The monoisotopic (exact) mass is 520 g/mol. The molecule has 0 saturated carbocycles. The zero-order valence-corrected chi connectivity index (χ0v) is 21.2. The van der Waals surface area contributed by atoms with E-state index in [4.69, 9.17) is 4.74 Å². The van der Waals surface area contributed by atoms with Crippen molar-refractivity contribution in [2.24, 2.45) is 0 Å². The molecule has 0 aliphatic heterocycles. The van der Waals surface area contributed by atoms with E-state index in [0.29, 0.717) is 5.56 Å². The van der Waals surface area contributed by atoms with E-state index in [9.17, 15) is 19.5 Å². The van der Waals surface area contributed by atoms with Gasteiger partial charge in [-0.2, -0.15) is 0 Å². The van der Waals surface area contributed by atoms with Crippen molar-refractivity contribution in [2.45, 2.75) is 18.5 Å². The minimum atomic E-state index is -1.15. The molecule has 0 saturated heterocycles. The number of rotatable bonds is 9. The fourth-order valence-corrected chi connectivity index (χ4v) is 5.05. The zero-order valence-electron chi connectivity index (χ0n) is 21.2. The van der Waals surface area contributed by atoms with Crippen LogP contribution in [-0.2, 0) is 20.9 Å². The van der Waals surface area contributed by atoms with Crippen molar-refractivity contribution in [3.8, 4) is 11.1 Å². The fraction of sp³-hybridized carbons (Fsp3) is 0.156. The van der Waals surface area contributed by atoms with Crippen molar-refractivity contribution < 1.29 is 24.2 Å².